The highest BCUT2D eigenvalue weighted by Crippen LogP contribution is 2.33. The van der Waals surface area contributed by atoms with Gasteiger partial charge in [-0.2, -0.15) is 0 Å². The normalized spacial score (nSPS) is 22.8. The summed E-state index contributed by atoms with van der Waals surface area (Å²) in [5, 5.41) is 6.85. The van der Waals surface area contributed by atoms with Crippen LogP contribution in [0.1, 0.15) is 57.9 Å². The Morgan fingerprint density at radius 2 is 2.03 bits per heavy atom. The molecule has 2 fully saturated rings. The fourth-order valence-corrected chi connectivity index (χ4v) is 5.60. The summed E-state index contributed by atoms with van der Waals surface area (Å²) in [7, 11) is 1.75. The maximum absolute atomic E-state index is 12.9. The molecule has 8 nitrogen and oxygen atoms in total. The minimum absolute atomic E-state index is 0.159. The zero-order valence-corrected chi connectivity index (χ0v) is 23.1. The van der Waals surface area contributed by atoms with E-state index in [1.54, 1.807) is 7.11 Å². The van der Waals surface area contributed by atoms with E-state index < -0.39 is 5.41 Å². The number of methoxy groups -OCH3 is 1. The molecule has 37 heavy (non-hydrogen) atoms. The van der Waals surface area contributed by atoms with Crippen LogP contribution in [0.25, 0.3) is 0 Å². The van der Waals surface area contributed by atoms with Crippen LogP contribution in [0.4, 0.5) is 5.69 Å². The number of carbonyl (C=O) groups is 1. The molecule has 208 valence electrons. The van der Waals surface area contributed by atoms with Crippen molar-refractivity contribution < 1.29 is 23.7 Å². The monoisotopic (exact) mass is 517 g/mol. The number of hydrogen-bond acceptors (Lipinski definition) is 7. The molecule has 1 amide bonds. The van der Waals surface area contributed by atoms with E-state index >= 15 is 0 Å². The summed E-state index contributed by atoms with van der Waals surface area (Å²) in [6.07, 6.45) is 6.13. The molecule has 0 unspecified atom stereocenters. The highest BCUT2D eigenvalue weighted by atomic mass is 16.5. The van der Waals surface area contributed by atoms with E-state index in [2.05, 4.69) is 47.6 Å². The first-order valence-corrected chi connectivity index (χ1v) is 14.2. The number of benzene rings is 1. The molecule has 0 bridgehead atoms. The lowest BCUT2D eigenvalue weighted by molar-refractivity contribution is -0.130. The van der Waals surface area contributed by atoms with E-state index in [9.17, 15) is 4.79 Å². The number of amides is 1. The Morgan fingerprint density at radius 3 is 2.78 bits per heavy atom. The Kier molecular flexibility index (Phi) is 10.5. The number of nitrogens with one attached hydrogen (secondary N) is 2. The SMILES string of the molecule is COCCCN1CCOc2ccc(CO[C@@H]3CC[C@@H](CC(C)(C)C(=O)NCC4CCOCC4)NC3)cc21. The largest absolute Gasteiger partial charge is 0.490 e. The van der Waals surface area contributed by atoms with E-state index in [4.69, 9.17) is 18.9 Å². The molecule has 3 aliphatic heterocycles. The molecule has 3 heterocycles. The van der Waals surface area contributed by atoms with E-state index in [1.165, 1.54) is 5.56 Å². The Labute approximate surface area is 222 Å². The van der Waals surface area contributed by atoms with Crippen molar-refractivity contribution in [2.24, 2.45) is 11.3 Å². The van der Waals surface area contributed by atoms with E-state index in [0.717, 1.165) is 103 Å². The van der Waals surface area contributed by atoms with Crippen LogP contribution in [0.15, 0.2) is 18.2 Å². The van der Waals surface area contributed by atoms with Crippen molar-refractivity contribution in [1.29, 1.82) is 0 Å². The zero-order valence-electron chi connectivity index (χ0n) is 23.1. The average Bonchev–Trinajstić information content (AvgIpc) is 2.92. The molecule has 1 aromatic rings. The molecule has 0 aromatic heterocycles. The van der Waals surface area contributed by atoms with E-state index in [0.29, 0.717) is 18.6 Å². The van der Waals surface area contributed by atoms with Gasteiger partial charge in [0.1, 0.15) is 12.4 Å². The minimum atomic E-state index is -0.392. The number of hydrogen-bond donors (Lipinski definition) is 2. The van der Waals surface area contributed by atoms with Crippen LogP contribution in [0.5, 0.6) is 5.75 Å². The van der Waals surface area contributed by atoms with Gasteiger partial charge in [-0.1, -0.05) is 19.9 Å². The second-order valence-corrected chi connectivity index (χ2v) is 11.5. The summed E-state index contributed by atoms with van der Waals surface area (Å²) in [6.45, 7) is 11.3. The van der Waals surface area contributed by atoms with Gasteiger partial charge < -0.3 is 34.5 Å². The molecule has 3 aliphatic rings. The zero-order chi connectivity index (χ0) is 26.1. The highest BCUT2D eigenvalue weighted by Gasteiger charge is 2.33. The Morgan fingerprint density at radius 1 is 1.19 bits per heavy atom. The first-order chi connectivity index (χ1) is 17.9. The third-order valence-electron chi connectivity index (χ3n) is 7.98. The van der Waals surface area contributed by atoms with Gasteiger partial charge in [0.15, 0.2) is 0 Å². The third kappa shape index (κ3) is 8.31. The molecular weight excluding hydrogens is 470 g/mol. The average molecular weight is 518 g/mol. The molecule has 1 aromatic carbocycles. The number of fused-ring (bicyclic) bond motifs is 1. The van der Waals surface area contributed by atoms with Gasteiger partial charge in [0.2, 0.25) is 5.91 Å². The van der Waals surface area contributed by atoms with Gasteiger partial charge in [0.25, 0.3) is 0 Å². The third-order valence-corrected chi connectivity index (χ3v) is 7.98. The maximum Gasteiger partial charge on any atom is 0.225 e. The maximum atomic E-state index is 12.9. The quantitative estimate of drug-likeness (QED) is 0.411. The second-order valence-electron chi connectivity index (χ2n) is 11.5. The van der Waals surface area contributed by atoms with Gasteiger partial charge in [-0.3, -0.25) is 4.79 Å². The first kappa shape index (κ1) is 28.1. The summed E-state index contributed by atoms with van der Waals surface area (Å²) in [5.74, 6) is 1.65. The van der Waals surface area contributed by atoms with Crippen molar-refractivity contribution in [3.05, 3.63) is 23.8 Å². The molecule has 0 aliphatic carbocycles. The molecule has 2 N–H and O–H groups in total. The predicted molar refractivity (Wildman–Crippen MR) is 145 cm³/mol. The molecule has 2 saturated heterocycles. The van der Waals surface area contributed by atoms with Crippen LogP contribution in [0.2, 0.25) is 0 Å². The van der Waals surface area contributed by atoms with Gasteiger partial charge in [-0.05, 0) is 62.1 Å². The van der Waals surface area contributed by atoms with Crippen molar-refractivity contribution >= 4 is 11.6 Å². The lowest BCUT2D eigenvalue weighted by Crippen LogP contribution is -2.48. The van der Waals surface area contributed by atoms with Crippen LogP contribution < -0.4 is 20.3 Å². The van der Waals surface area contributed by atoms with Crippen molar-refractivity contribution in [2.45, 2.75) is 71.1 Å². The predicted octanol–water partition coefficient (Wildman–Crippen LogP) is 3.52. The molecule has 0 saturated carbocycles. The Hall–Kier alpha value is -1.87. The number of carbonyl (C=O) groups excluding carboxylic acids is 1. The summed E-state index contributed by atoms with van der Waals surface area (Å²) in [6, 6.07) is 6.73. The van der Waals surface area contributed by atoms with Crippen LogP contribution in [0, 0.1) is 11.3 Å². The fourth-order valence-electron chi connectivity index (χ4n) is 5.60. The van der Waals surface area contributed by atoms with Gasteiger partial charge >= 0.3 is 0 Å². The van der Waals surface area contributed by atoms with Gasteiger partial charge in [0, 0.05) is 58.0 Å². The lowest BCUT2D eigenvalue weighted by atomic mass is 9.82. The summed E-state index contributed by atoms with van der Waals surface area (Å²) in [5.41, 5.74) is 1.93. The lowest BCUT2D eigenvalue weighted by Gasteiger charge is -2.35. The number of anilines is 1. The van der Waals surface area contributed by atoms with Crippen LogP contribution in [-0.2, 0) is 25.6 Å². The smallest absolute Gasteiger partial charge is 0.225 e. The topological polar surface area (TPSA) is 81.3 Å². The van der Waals surface area contributed by atoms with Crippen molar-refractivity contribution in [1.82, 2.24) is 10.6 Å². The summed E-state index contributed by atoms with van der Waals surface area (Å²) >= 11 is 0. The van der Waals surface area contributed by atoms with E-state index in [-0.39, 0.29) is 12.0 Å². The molecule has 2 atom stereocenters. The van der Waals surface area contributed by atoms with Gasteiger partial charge in [-0.15, -0.1) is 0 Å². The molecule has 4 rings (SSSR count). The highest BCUT2D eigenvalue weighted by molar-refractivity contribution is 5.81. The second kappa shape index (κ2) is 13.8. The fraction of sp³-hybridized carbons (Fsp3) is 0.759. The molecule has 0 spiro atoms. The Bertz CT molecular complexity index is 850. The van der Waals surface area contributed by atoms with Crippen LogP contribution in [-0.4, -0.2) is 77.8 Å². The number of piperidine rings is 1. The van der Waals surface area contributed by atoms with Gasteiger partial charge in [-0.25, -0.2) is 0 Å². The van der Waals surface area contributed by atoms with E-state index in [1.807, 2.05) is 0 Å². The standard InChI is InChI=1S/C29H47N3O5/c1-29(2,28(33)31-19-22-9-14-35-15-10-22)18-24-6-7-25(20-30-24)37-21-23-5-8-27-26(17-23)32(12-16-36-27)11-4-13-34-3/h5,8,17,22,24-25,30H,4,6-7,9-16,18-21H2,1-3H3,(H,31,33)/t24-,25+/m0/s1. The minimum Gasteiger partial charge on any atom is -0.490 e. The first-order valence-electron chi connectivity index (χ1n) is 14.2. The Balaban J connectivity index is 1.19. The molecule has 8 heteroatoms. The van der Waals surface area contributed by atoms with Crippen molar-refractivity contribution in [2.75, 3.05) is 64.6 Å². The summed E-state index contributed by atoms with van der Waals surface area (Å²) < 4.78 is 22.8. The number of rotatable bonds is 12. The van der Waals surface area contributed by atoms with Crippen LogP contribution in [0.3, 0.4) is 0 Å². The van der Waals surface area contributed by atoms with Gasteiger partial charge in [0.05, 0.1) is 24.9 Å². The number of nitrogens with zero attached hydrogens (tertiary/aromatic N) is 1. The molecular formula is C29H47N3O5. The summed E-state index contributed by atoms with van der Waals surface area (Å²) in [4.78, 5) is 15.3. The number of ether oxygens (including phenoxy) is 4. The molecule has 0 radical (unpaired) electrons. The van der Waals surface area contributed by atoms with Crippen LogP contribution >= 0.6 is 0 Å². The van der Waals surface area contributed by atoms with Crippen molar-refractivity contribution in [3.63, 3.8) is 0 Å². The van der Waals surface area contributed by atoms with Crippen molar-refractivity contribution in [3.8, 4) is 5.75 Å².